The average Bonchev–Trinajstić information content (AvgIpc) is 2.34. The van der Waals surface area contributed by atoms with Gasteiger partial charge in [0.1, 0.15) is 10.7 Å². The fourth-order valence-electron chi connectivity index (χ4n) is 1.84. The summed E-state index contributed by atoms with van der Waals surface area (Å²) >= 11 is 4.90. The zero-order chi connectivity index (χ0) is 13.8. The fourth-order valence-corrected chi connectivity index (χ4v) is 1.97. The lowest BCUT2D eigenvalue weighted by Gasteiger charge is -2.26. The Morgan fingerprint density at radius 3 is 2.74 bits per heavy atom. The maximum absolute atomic E-state index is 11.8. The quantitative estimate of drug-likeness (QED) is 0.737. The number of hydrogen-bond donors (Lipinski definition) is 3. The molecule has 102 valence electrons. The third kappa shape index (κ3) is 3.35. The first-order chi connectivity index (χ1) is 9.10. The number of hydrogen-bond acceptors (Lipinski definition) is 3. The molecule has 0 aromatic heterocycles. The molecule has 4 N–H and O–H groups in total. The van der Waals surface area contributed by atoms with Crippen LogP contribution in [-0.2, 0) is 0 Å². The number of anilines is 1. The first-order valence-corrected chi connectivity index (χ1v) is 6.56. The van der Waals surface area contributed by atoms with Gasteiger partial charge in [0.25, 0.3) is 0 Å². The Hall–Kier alpha value is -1.82. The van der Waals surface area contributed by atoms with Gasteiger partial charge in [-0.2, -0.15) is 0 Å². The third-order valence-corrected chi connectivity index (χ3v) is 3.41. The number of rotatable bonds is 4. The highest BCUT2D eigenvalue weighted by Crippen LogP contribution is 2.26. The molecule has 1 aromatic carbocycles. The third-order valence-electron chi connectivity index (χ3n) is 3.17. The largest absolute Gasteiger partial charge is 0.495 e. The van der Waals surface area contributed by atoms with Crippen LogP contribution in [0, 0.1) is 0 Å². The molecule has 0 unspecified atom stereocenters. The van der Waals surface area contributed by atoms with Gasteiger partial charge in [-0.3, -0.25) is 0 Å². The molecule has 0 aliphatic heterocycles. The zero-order valence-corrected chi connectivity index (χ0v) is 11.5. The molecule has 0 heterocycles. The van der Waals surface area contributed by atoms with Gasteiger partial charge < -0.3 is 21.1 Å². The Morgan fingerprint density at radius 1 is 1.47 bits per heavy atom. The van der Waals surface area contributed by atoms with Crippen LogP contribution in [0.5, 0.6) is 5.75 Å². The number of amides is 2. The fraction of sp³-hybridized carbons (Fsp3) is 0.385. The van der Waals surface area contributed by atoms with E-state index in [0.717, 1.165) is 12.8 Å². The van der Waals surface area contributed by atoms with Gasteiger partial charge in [0, 0.05) is 11.6 Å². The van der Waals surface area contributed by atoms with Crippen molar-refractivity contribution in [3.05, 3.63) is 23.8 Å². The summed E-state index contributed by atoms with van der Waals surface area (Å²) in [6.45, 7) is 0. The first kappa shape index (κ1) is 13.6. The average molecular weight is 279 g/mol. The maximum atomic E-state index is 11.8. The molecule has 5 nitrogen and oxygen atoms in total. The normalized spacial score (nSPS) is 14.4. The van der Waals surface area contributed by atoms with Crippen LogP contribution < -0.4 is 21.1 Å². The number of methoxy groups -OCH3 is 1. The number of nitrogens with one attached hydrogen (secondary N) is 2. The first-order valence-electron chi connectivity index (χ1n) is 6.15. The summed E-state index contributed by atoms with van der Waals surface area (Å²) in [5.74, 6) is 0.536. The van der Waals surface area contributed by atoms with Gasteiger partial charge in [-0.05, 0) is 37.5 Å². The Kier molecular flexibility index (Phi) is 4.21. The molecule has 0 atom stereocenters. The molecule has 1 fully saturated rings. The van der Waals surface area contributed by atoms with Crippen molar-refractivity contribution in [2.45, 2.75) is 25.3 Å². The molecule has 1 saturated carbocycles. The number of thiocarbonyl (C=S) groups is 1. The van der Waals surface area contributed by atoms with E-state index in [2.05, 4.69) is 10.6 Å². The Labute approximate surface area is 117 Å². The van der Waals surface area contributed by atoms with Gasteiger partial charge >= 0.3 is 6.03 Å². The predicted octanol–water partition coefficient (Wildman–Crippen LogP) is 2.00. The number of nitrogens with two attached hydrogens (primary N) is 1. The molecular formula is C13H17N3O2S. The molecule has 0 spiro atoms. The number of urea groups is 1. The highest BCUT2D eigenvalue weighted by atomic mass is 32.1. The van der Waals surface area contributed by atoms with Gasteiger partial charge in [0.15, 0.2) is 0 Å². The van der Waals surface area contributed by atoms with Crippen LogP contribution in [0.15, 0.2) is 18.2 Å². The highest BCUT2D eigenvalue weighted by molar-refractivity contribution is 7.80. The second-order valence-corrected chi connectivity index (χ2v) is 4.95. The molecule has 6 heteroatoms. The van der Waals surface area contributed by atoms with Crippen molar-refractivity contribution in [1.29, 1.82) is 0 Å². The monoisotopic (exact) mass is 279 g/mol. The van der Waals surface area contributed by atoms with E-state index in [4.69, 9.17) is 22.7 Å². The molecule has 1 aliphatic rings. The summed E-state index contributed by atoms with van der Waals surface area (Å²) in [6, 6.07) is 5.27. The van der Waals surface area contributed by atoms with Crippen molar-refractivity contribution in [2.75, 3.05) is 12.4 Å². The van der Waals surface area contributed by atoms with E-state index >= 15 is 0 Å². The predicted molar refractivity (Wildman–Crippen MR) is 78.7 cm³/mol. The highest BCUT2D eigenvalue weighted by Gasteiger charge is 2.19. The van der Waals surface area contributed by atoms with E-state index in [0.29, 0.717) is 28.0 Å². The summed E-state index contributed by atoms with van der Waals surface area (Å²) in [7, 11) is 1.54. The minimum absolute atomic E-state index is 0.217. The van der Waals surface area contributed by atoms with Crippen LogP contribution in [0.2, 0.25) is 0 Å². The molecule has 0 bridgehead atoms. The second kappa shape index (κ2) is 5.88. The number of benzene rings is 1. The molecule has 0 saturated heterocycles. The van der Waals surface area contributed by atoms with Crippen molar-refractivity contribution < 1.29 is 9.53 Å². The minimum Gasteiger partial charge on any atom is -0.495 e. The van der Waals surface area contributed by atoms with Gasteiger partial charge in [-0.25, -0.2) is 4.79 Å². The molecule has 0 radical (unpaired) electrons. The SMILES string of the molecule is COc1cc(C(N)=S)ccc1NC(=O)NC1CCC1. The number of carbonyl (C=O) groups is 1. The van der Waals surface area contributed by atoms with Gasteiger partial charge in [-0.15, -0.1) is 0 Å². The van der Waals surface area contributed by atoms with Gasteiger partial charge in [0.2, 0.25) is 0 Å². The van der Waals surface area contributed by atoms with Crippen LogP contribution in [-0.4, -0.2) is 24.2 Å². The molecule has 1 aromatic rings. The van der Waals surface area contributed by atoms with Crippen LogP contribution in [0.1, 0.15) is 24.8 Å². The standard InChI is InChI=1S/C13H17N3O2S/c1-18-11-7-8(12(14)19)5-6-10(11)16-13(17)15-9-3-2-4-9/h5-7,9H,2-4H2,1H3,(H2,14,19)(H2,15,16,17). The Morgan fingerprint density at radius 2 is 2.21 bits per heavy atom. The lowest BCUT2D eigenvalue weighted by molar-refractivity contribution is 0.240. The van der Waals surface area contributed by atoms with Crippen molar-refractivity contribution in [3.8, 4) is 5.75 Å². The Bertz CT molecular complexity index is 501. The van der Waals surface area contributed by atoms with E-state index in [1.54, 1.807) is 18.2 Å². The van der Waals surface area contributed by atoms with Crippen LogP contribution in [0.4, 0.5) is 10.5 Å². The molecular weight excluding hydrogens is 262 g/mol. The van der Waals surface area contributed by atoms with Crippen molar-refractivity contribution in [1.82, 2.24) is 5.32 Å². The van der Waals surface area contributed by atoms with E-state index in [1.807, 2.05) is 0 Å². The zero-order valence-electron chi connectivity index (χ0n) is 10.7. The number of carbonyl (C=O) groups excluding carboxylic acids is 1. The molecule has 19 heavy (non-hydrogen) atoms. The maximum Gasteiger partial charge on any atom is 0.319 e. The van der Waals surface area contributed by atoms with Crippen LogP contribution >= 0.6 is 12.2 Å². The van der Waals surface area contributed by atoms with Gasteiger partial charge in [0.05, 0.1) is 12.8 Å². The van der Waals surface area contributed by atoms with Gasteiger partial charge in [-0.1, -0.05) is 12.2 Å². The van der Waals surface area contributed by atoms with E-state index in [9.17, 15) is 4.79 Å². The van der Waals surface area contributed by atoms with Crippen molar-refractivity contribution in [2.24, 2.45) is 5.73 Å². The topological polar surface area (TPSA) is 76.4 Å². The minimum atomic E-state index is -0.217. The summed E-state index contributed by atoms with van der Waals surface area (Å²) in [5.41, 5.74) is 6.86. The summed E-state index contributed by atoms with van der Waals surface area (Å²) < 4.78 is 5.22. The van der Waals surface area contributed by atoms with E-state index in [1.165, 1.54) is 13.5 Å². The molecule has 2 amide bonds. The van der Waals surface area contributed by atoms with Crippen LogP contribution in [0.25, 0.3) is 0 Å². The summed E-state index contributed by atoms with van der Waals surface area (Å²) in [6.07, 6.45) is 3.27. The smallest absolute Gasteiger partial charge is 0.319 e. The summed E-state index contributed by atoms with van der Waals surface area (Å²) in [5, 5.41) is 5.67. The van der Waals surface area contributed by atoms with Crippen LogP contribution in [0.3, 0.4) is 0 Å². The molecule has 2 rings (SSSR count). The number of ether oxygens (including phenoxy) is 1. The van der Waals surface area contributed by atoms with E-state index in [-0.39, 0.29) is 6.03 Å². The Balaban J connectivity index is 2.06. The second-order valence-electron chi connectivity index (χ2n) is 4.51. The van der Waals surface area contributed by atoms with Crippen molar-refractivity contribution in [3.63, 3.8) is 0 Å². The lowest BCUT2D eigenvalue weighted by atomic mass is 9.93. The summed E-state index contributed by atoms with van der Waals surface area (Å²) in [4.78, 5) is 12.1. The molecule has 1 aliphatic carbocycles. The van der Waals surface area contributed by atoms with Crippen molar-refractivity contribution >= 4 is 28.9 Å². The van der Waals surface area contributed by atoms with E-state index < -0.39 is 0 Å². The lowest BCUT2D eigenvalue weighted by Crippen LogP contribution is -2.41.